The van der Waals surface area contributed by atoms with E-state index in [4.69, 9.17) is 9.47 Å². The molecule has 1 atom stereocenters. The van der Waals surface area contributed by atoms with Gasteiger partial charge < -0.3 is 24.4 Å². The summed E-state index contributed by atoms with van der Waals surface area (Å²) < 4.78 is 12.6. The van der Waals surface area contributed by atoms with Crippen molar-refractivity contribution in [2.24, 2.45) is 0 Å². The summed E-state index contributed by atoms with van der Waals surface area (Å²) in [6.07, 6.45) is 2.21. The topological polar surface area (TPSA) is 97.1 Å². The van der Waals surface area contributed by atoms with Gasteiger partial charge in [0.25, 0.3) is 11.7 Å². The highest BCUT2D eigenvalue weighted by atomic mass is 16.5. The largest absolute Gasteiger partial charge is 0.507 e. The summed E-state index contributed by atoms with van der Waals surface area (Å²) in [5, 5.41) is 16.0. The fourth-order valence-electron chi connectivity index (χ4n) is 5.10. The van der Waals surface area contributed by atoms with Gasteiger partial charge in [-0.05, 0) is 62.8 Å². The Kier molecular flexibility index (Phi) is 8.71. The quantitative estimate of drug-likeness (QED) is 0.223. The van der Waals surface area contributed by atoms with E-state index in [0.717, 1.165) is 25.3 Å². The lowest BCUT2D eigenvalue weighted by molar-refractivity contribution is -0.140. The van der Waals surface area contributed by atoms with Crippen LogP contribution in [-0.2, 0) is 9.59 Å². The number of amides is 1. The fraction of sp³-hybridized carbons (Fsp3) is 0.367. The van der Waals surface area contributed by atoms with Gasteiger partial charge in [0.1, 0.15) is 5.76 Å². The molecule has 1 fully saturated rings. The second-order valence-electron chi connectivity index (χ2n) is 9.38. The zero-order valence-corrected chi connectivity index (χ0v) is 23.2. The normalized spacial score (nSPS) is 16.8. The molecule has 3 aromatic rings. The molecule has 1 N–H and O–H groups in total. The molecule has 1 aromatic heterocycles. The first kappa shape index (κ1) is 27.9. The average Bonchev–Trinajstić information content (AvgIpc) is 3.47. The molecule has 4 rings (SSSR count). The summed E-state index contributed by atoms with van der Waals surface area (Å²) in [6.45, 7) is 8.96. The molecule has 0 spiro atoms. The van der Waals surface area contributed by atoms with Crippen molar-refractivity contribution in [1.29, 1.82) is 0 Å². The number of aliphatic hydroxyl groups is 1. The molecule has 206 valence electrons. The molecule has 2 heterocycles. The van der Waals surface area contributed by atoms with E-state index in [1.54, 1.807) is 34.9 Å². The number of rotatable bonds is 11. The third-order valence-electron chi connectivity index (χ3n) is 7.30. The molecule has 1 unspecified atom stereocenters. The first-order valence-corrected chi connectivity index (χ1v) is 13.2. The maximum Gasteiger partial charge on any atom is 0.295 e. The van der Waals surface area contributed by atoms with Crippen LogP contribution in [0.3, 0.4) is 0 Å². The van der Waals surface area contributed by atoms with Crippen molar-refractivity contribution in [3.05, 3.63) is 77.1 Å². The predicted octanol–water partition coefficient (Wildman–Crippen LogP) is 4.35. The average molecular weight is 533 g/mol. The molecule has 0 aliphatic carbocycles. The minimum atomic E-state index is -0.791. The van der Waals surface area contributed by atoms with E-state index in [1.165, 1.54) is 13.3 Å². The molecule has 2 aromatic carbocycles. The van der Waals surface area contributed by atoms with Crippen LogP contribution < -0.4 is 9.47 Å². The highest BCUT2D eigenvalue weighted by Gasteiger charge is 2.46. The smallest absolute Gasteiger partial charge is 0.295 e. The van der Waals surface area contributed by atoms with Crippen molar-refractivity contribution >= 4 is 17.4 Å². The molecule has 0 bridgehead atoms. The van der Waals surface area contributed by atoms with Gasteiger partial charge >= 0.3 is 0 Å². The molecule has 0 radical (unpaired) electrons. The molecule has 39 heavy (non-hydrogen) atoms. The molecular weight excluding hydrogens is 496 g/mol. The summed E-state index contributed by atoms with van der Waals surface area (Å²) >= 11 is 0. The number of carbonyl (C=O) groups is 2. The van der Waals surface area contributed by atoms with Crippen LogP contribution in [0.1, 0.15) is 43.1 Å². The second-order valence-corrected chi connectivity index (χ2v) is 9.38. The monoisotopic (exact) mass is 532 g/mol. The van der Waals surface area contributed by atoms with Gasteiger partial charge in [-0.3, -0.25) is 9.59 Å². The van der Waals surface area contributed by atoms with Crippen molar-refractivity contribution in [1.82, 2.24) is 19.6 Å². The number of para-hydroxylation sites is 1. The van der Waals surface area contributed by atoms with E-state index in [9.17, 15) is 14.7 Å². The van der Waals surface area contributed by atoms with Gasteiger partial charge in [-0.1, -0.05) is 38.1 Å². The highest BCUT2D eigenvalue weighted by molar-refractivity contribution is 6.46. The number of Topliss-reactive ketones (excluding diaryl/α,β-unsaturated/α-hetero) is 1. The van der Waals surface area contributed by atoms with E-state index in [-0.39, 0.29) is 11.3 Å². The standard InChI is InChI=1S/C30H36N4O5/c1-6-32(7-2)16-11-17-33-27(21-14-15-24(38-4)25(18-21)39-5)26(29(36)30(33)37)28(35)23-19-31-34(20(23)3)22-12-9-8-10-13-22/h8-10,12-15,18-19,27,35H,6-7,11,16-17H2,1-5H3/b28-26+. The molecule has 9 heteroatoms. The Morgan fingerprint density at radius 1 is 1.03 bits per heavy atom. The van der Waals surface area contributed by atoms with Crippen LogP contribution in [0.15, 0.2) is 60.3 Å². The summed E-state index contributed by atoms with van der Waals surface area (Å²) in [5.41, 5.74) is 2.54. The van der Waals surface area contributed by atoms with E-state index < -0.39 is 17.7 Å². The Balaban J connectivity index is 1.81. The Hall–Kier alpha value is -4.11. The Bertz CT molecular complexity index is 1360. The maximum atomic E-state index is 13.5. The Morgan fingerprint density at radius 2 is 1.72 bits per heavy atom. The summed E-state index contributed by atoms with van der Waals surface area (Å²) in [6, 6.07) is 14.0. The molecular formula is C30H36N4O5. The van der Waals surface area contributed by atoms with Crippen molar-refractivity contribution in [3.8, 4) is 17.2 Å². The number of aromatic nitrogens is 2. The van der Waals surface area contributed by atoms with E-state index in [1.807, 2.05) is 37.3 Å². The lowest BCUT2D eigenvalue weighted by Gasteiger charge is -2.27. The number of aliphatic hydroxyl groups excluding tert-OH is 1. The number of methoxy groups -OCH3 is 2. The first-order valence-electron chi connectivity index (χ1n) is 13.2. The number of hydrogen-bond acceptors (Lipinski definition) is 7. The molecule has 0 saturated carbocycles. The molecule has 1 saturated heterocycles. The molecule has 1 aliphatic heterocycles. The van der Waals surface area contributed by atoms with Crippen molar-refractivity contribution in [2.45, 2.75) is 33.2 Å². The third-order valence-corrected chi connectivity index (χ3v) is 7.30. The third kappa shape index (κ3) is 5.40. The summed E-state index contributed by atoms with van der Waals surface area (Å²) in [4.78, 5) is 30.7. The number of carbonyl (C=O) groups excluding carboxylic acids is 2. The SMILES string of the molecule is CCN(CC)CCCN1C(=O)C(=O)/C(=C(/O)c2cnn(-c3ccccc3)c2C)C1c1ccc(OC)c(OC)c1. The van der Waals surface area contributed by atoms with E-state index in [2.05, 4.69) is 23.8 Å². The summed E-state index contributed by atoms with van der Waals surface area (Å²) in [5.74, 6) is -0.610. The zero-order valence-electron chi connectivity index (χ0n) is 23.2. The van der Waals surface area contributed by atoms with Crippen LogP contribution in [0, 0.1) is 6.92 Å². The zero-order chi connectivity index (χ0) is 28.1. The van der Waals surface area contributed by atoms with Gasteiger partial charge in [-0.25, -0.2) is 4.68 Å². The fourth-order valence-corrected chi connectivity index (χ4v) is 5.10. The van der Waals surface area contributed by atoms with Gasteiger partial charge in [-0.2, -0.15) is 5.10 Å². The van der Waals surface area contributed by atoms with Crippen LogP contribution in [0.2, 0.25) is 0 Å². The van der Waals surface area contributed by atoms with Crippen molar-refractivity contribution in [3.63, 3.8) is 0 Å². The van der Waals surface area contributed by atoms with Crippen molar-refractivity contribution in [2.75, 3.05) is 40.4 Å². The van der Waals surface area contributed by atoms with Crippen molar-refractivity contribution < 1.29 is 24.2 Å². The minimum absolute atomic E-state index is 0.0331. The van der Waals surface area contributed by atoms with Crippen LogP contribution >= 0.6 is 0 Å². The number of benzene rings is 2. The highest BCUT2D eigenvalue weighted by Crippen LogP contribution is 2.42. The number of hydrogen-bond donors (Lipinski definition) is 1. The van der Waals surface area contributed by atoms with Gasteiger partial charge in [0.15, 0.2) is 11.5 Å². The Labute approximate surface area is 229 Å². The number of nitrogens with zero attached hydrogens (tertiary/aromatic N) is 4. The maximum absolute atomic E-state index is 13.5. The molecule has 1 amide bonds. The predicted molar refractivity (Wildman–Crippen MR) is 149 cm³/mol. The van der Waals surface area contributed by atoms with Gasteiger partial charge in [0.2, 0.25) is 0 Å². The van der Waals surface area contributed by atoms with Gasteiger partial charge in [-0.15, -0.1) is 0 Å². The van der Waals surface area contributed by atoms with Crippen LogP contribution in [0.4, 0.5) is 0 Å². The number of ketones is 1. The lowest BCUT2D eigenvalue weighted by atomic mass is 9.95. The first-order chi connectivity index (χ1) is 18.9. The van der Waals surface area contributed by atoms with Gasteiger partial charge in [0.05, 0.1) is 49.0 Å². The van der Waals surface area contributed by atoms with Crippen LogP contribution in [-0.4, -0.2) is 76.8 Å². The van der Waals surface area contributed by atoms with Gasteiger partial charge in [0, 0.05) is 6.54 Å². The number of likely N-dealkylation sites (tertiary alicyclic amines) is 1. The Morgan fingerprint density at radius 3 is 2.36 bits per heavy atom. The lowest BCUT2D eigenvalue weighted by Crippen LogP contribution is -2.33. The van der Waals surface area contributed by atoms with Crippen LogP contribution in [0.25, 0.3) is 11.4 Å². The molecule has 1 aliphatic rings. The van der Waals surface area contributed by atoms with E-state index in [0.29, 0.717) is 41.3 Å². The van der Waals surface area contributed by atoms with E-state index >= 15 is 0 Å². The molecule has 9 nitrogen and oxygen atoms in total. The second kappa shape index (κ2) is 12.2. The number of ether oxygens (including phenoxy) is 2. The minimum Gasteiger partial charge on any atom is -0.507 e. The summed E-state index contributed by atoms with van der Waals surface area (Å²) in [7, 11) is 3.08. The van der Waals surface area contributed by atoms with Crippen LogP contribution in [0.5, 0.6) is 11.5 Å².